The summed E-state index contributed by atoms with van der Waals surface area (Å²) in [6.45, 7) is 0. The highest BCUT2D eigenvalue weighted by Crippen LogP contribution is 2.24. The summed E-state index contributed by atoms with van der Waals surface area (Å²) in [6, 6.07) is 2.16. The molecule has 1 aromatic heterocycles. The fourth-order valence-electron chi connectivity index (χ4n) is 1.48. The lowest BCUT2D eigenvalue weighted by molar-refractivity contribution is 0.0990. The molecule has 0 aliphatic heterocycles. The maximum atomic E-state index is 13.3. The molecule has 0 bridgehead atoms. The first-order chi connectivity index (χ1) is 8.49. The molecule has 4 nitrogen and oxygen atoms in total. The second-order valence-electron chi connectivity index (χ2n) is 3.71. The highest BCUT2D eigenvalue weighted by Gasteiger charge is 2.17. The van der Waals surface area contributed by atoms with Crippen LogP contribution in [0.5, 0.6) is 0 Å². The third-order valence-corrected chi connectivity index (χ3v) is 3.10. The van der Waals surface area contributed by atoms with E-state index in [9.17, 15) is 13.6 Å². The summed E-state index contributed by atoms with van der Waals surface area (Å²) < 4.78 is 27.5. The van der Waals surface area contributed by atoms with Gasteiger partial charge in [0.2, 0.25) is 0 Å². The van der Waals surface area contributed by atoms with E-state index in [0.717, 1.165) is 6.07 Å². The average Bonchev–Trinajstić information content (AvgIpc) is 2.71. The van der Waals surface area contributed by atoms with Crippen LogP contribution in [-0.4, -0.2) is 20.8 Å². The van der Waals surface area contributed by atoms with Gasteiger partial charge in [0.15, 0.2) is 17.4 Å². The molecule has 0 atom stereocenters. The number of aryl methyl sites for hydroxylation is 1. The van der Waals surface area contributed by atoms with E-state index in [0.29, 0.717) is 5.69 Å². The molecule has 18 heavy (non-hydrogen) atoms. The van der Waals surface area contributed by atoms with Gasteiger partial charge < -0.3 is 0 Å². The van der Waals surface area contributed by atoms with Crippen molar-refractivity contribution < 1.29 is 13.6 Å². The summed E-state index contributed by atoms with van der Waals surface area (Å²) in [5.74, 6) is -2.43. The van der Waals surface area contributed by atoms with Crippen LogP contribution in [0, 0.1) is 11.6 Å². The number of hydrogen-bond acceptors (Lipinski definition) is 3. The third-order valence-electron chi connectivity index (χ3n) is 2.33. The lowest BCUT2D eigenvalue weighted by Crippen LogP contribution is -2.06. The minimum absolute atomic E-state index is 0.0164. The molecule has 2 rings (SSSR count). The average molecular weight is 316 g/mol. The van der Waals surface area contributed by atoms with E-state index < -0.39 is 11.6 Å². The van der Waals surface area contributed by atoms with Gasteiger partial charge in [0.25, 0.3) is 0 Å². The molecule has 0 saturated carbocycles. The number of halogens is 3. The molecule has 1 heterocycles. The van der Waals surface area contributed by atoms with Gasteiger partial charge in [-0.15, -0.1) is 5.10 Å². The predicted molar refractivity (Wildman–Crippen MR) is 63.1 cm³/mol. The molecule has 1 aromatic carbocycles. The zero-order valence-electron chi connectivity index (χ0n) is 9.32. The molecular weight excluding hydrogens is 308 g/mol. The first-order valence-electron chi connectivity index (χ1n) is 5.01. The van der Waals surface area contributed by atoms with Crippen LogP contribution in [0.25, 0.3) is 0 Å². The fourth-order valence-corrected chi connectivity index (χ4v) is 2.02. The second kappa shape index (κ2) is 4.93. The number of ketones is 1. The molecule has 0 aliphatic carbocycles. The van der Waals surface area contributed by atoms with Gasteiger partial charge in [-0.05, 0) is 28.1 Å². The topological polar surface area (TPSA) is 47.8 Å². The number of benzene rings is 1. The lowest BCUT2D eigenvalue weighted by atomic mass is 10.1. The maximum absolute atomic E-state index is 13.3. The van der Waals surface area contributed by atoms with Gasteiger partial charge in [-0.25, -0.2) is 8.78 Å². The van der Waals surface area contributed by atoms with E-state index in [1.165, 1.54) is 10.7 Å². The van der Waals surface area contributed by atoms with Gasteiger partial charge in [0.05, 0.1) is 16.6 Å². The predicted octanol–water partition coefficient (Wildman–Crippen LogP) is 2.28. The number of aromatic nitrogens is 3. The Morgan fingerprint density at radius 2 is 2.17 bits per heavy atom. The Morgan fingerprint density at radius 3 is 2.78 bits per heavy atom. The van der Waals surface area contributed by atoms with Crippen molar-refractivity contribution >= 4 is 21.7 Å². The van der Waals surface area contributed by atoms with E-state index >= 15 is 0 Å². The Morgan fingerprint density at radius 1 is 1.44 bits per heavy atom. The van der Waals surface area contributed by atoms with Gasteiger partial charge >= 0.3 is 0 Å². The van der Waals surface area contributed by atoms with Crippen molar-refractivity contribution in [3.05, 3.63) is 45.7 Å². The molecule has 0 fully saturated rings. The van der Waals surface area contributed by atoms with Crippen molar-refractivity contribution in [3.63, 3.8) is 0 Å². The summed E-state index contributed by atoms with van der Waals surface area (Å²) in [5.41, 5.74) is 0.554. The zero-order chi connectivity index (χ0) is 13.3. The Bertz CT molecular complexity index is 612. The number of Topliss-reactive ketones (excluding diaryl/α,β-unsaturated/α-hetero) is 1. The Kier molecular flexibility index (Phi) is 3.51. The highest BCUT2D eigenvalue weighted by atomic mass is 79.9. The molecule has 0 unspecified atom stereocenters. The summed E-state index contributed by atoms with van der Waals surface area (Å²) in [7, 11) is 1.68. The fraction of sp³-hybridized carbons (Fsp3) is 0.182. The maximum Gasteiger partial charge on any atom is 0.173 e. The van der Waals surface area contributed by atoms with Crippen LogP contribution in [0.1, 0.15) is 16.1 Å². The van der Waals surface area contributed by atoms with Crippen LogP contribution >= 0.6 is 15.9 Å². The van der Waals surface area contributed by atoms with Crippen LogP contribution in [-0.2, 0) is 13.5 Å². The summed E-state index contributed by atoms with van der Waals surface area (Å²) in [6.07, 6.45) is 1.57. The SMILES string of the molecule is Cn1cc(CC(=O)c2ccc(F)c(F)c2Br)nn1. The third kappa shape index (κ3) is 2.45. The van der Waals surface area contributed by atoms with Crippen molar-refractivity contribution in [2.45, 2.75) is 6.42 Å². The van der Waals surface area contributed by atoms with E-state index in [4.69, 9.17) is 0 Å². The largest absolute Gasteiger partial charge is 0.294 e. The van der Waals surface area contributed by atoms with Crippen molar-refractivity contribution in [3.8, 4) is 0 Å². The quantitative estimate of drug-likeness (QED) is 0.645. The molecule has 0 aliphatic rings. The first-order valence-corrected chi connectivity index (χ1v) is 5.80. The van der Waals surface area contributed by atoms with Crippen molar-refractivity contribution in [2.24, 2.45) is 7.05 Å². The van der Waals surface area contributed by atoms with Gasteiger partial charge in [0, 0.05) is 18.8 Å². The Hall–Kier alpha value is -1.63. The van der Waals surface area contributed by atoms with E-state index in [-0.39, 0.29) is 22.2 Å². The summed E-state index contributed by atoms with van der Waals surface area (Å²) in [5, 5.41) is 7.45. The van der Waals surface area contributed by atoms with Crippen molar-refractivity contribution in [2.75, 3.05) is 0 Å². The normalized spacial score (nSPS) is 10.7. The van der Waals surface area contributed by atoms with Gasteiger partial charge in [-0.3, -0.25) is 9.48 Å². The molecule has 94 valence electrons. The molecule has 0 radical (unpaired) electrons. The minimum Gasteiger partial charge on any atom is -0.294 e. The van der Waals surface area contributed by atoms with E-state index in [1.807, 2.05) is 0 Å². The first kappa shape index (κ1) is 12.8. The standard InChI is InChI=1S/C11H8BrF2N3O/c1-17-5-6(15-16-17)4-9(18)7-2-3-8(13)11(14)10(7)12/h2-3,5H,4H2,1H3. The molecule has 0 amide bonds. The molecule has 0 spiro atoms. The minimum atomic E-state index is -1.07. The number of nitrogens with zero attached hydrogens (tertiary/aromatic N) is 3. The van der Waals surface area contributed by atoms with Gasteiger partial charge in [-0.1, -0.05) is 5.21 Å². The van der Waals surface area contributed by atoms with Crippen LogP contribution in [0.3, 0.4) is 0 Å². The zero-order valence-corrected chi connectivity index (χ0v) is 10.9. The number of hydrogen-bond donors (Lipinski definition) is 0. The molecule has 0 N–H and O–H groups in total. The second-order valence-corrected chi connectivity index (χ2v) is 4.50. The monoisotopic (exact) mass is 315 g/mol. The molecule has 2 aromatic rings. The number of carbonyl (C=O) groups excluding carboxylic acids is 1. The number of rotatable bonds is 3. The summed E-state index contributed by atoms with van der Waals surface area (Å²) in [4.78, 5) is 11.9. The number of carbonyl (C=O) groups is 1. The van der Waals surface area contributed by atoms with Crippen LogP contribution in [0.15, 0.2) is 22.8 Å². The highest BCUT2D eigenvalue weighted by molar-refractivity contribution is 9.10. The van der Waals surface area contributed by atoms with Gasteiger partial charge in [-0.2, -0.15) is 0 Å². The van der Waals surface area contributed by atoms with Crippen LogP contribution < -0.4 is 0 Å². The van der Waals surface area contributed by atoms with E-state index in [1.54, 1.807) is 13.2 Å². The molecule has 7 heteroatoms. The Labute approximate surface area is 110 Å². The van der Waals surface area contributed by atoms with Crippen molar-refractivity contribution in [1.29, 1.82) is 0 Å². The molecular formula is C11H8BrF2N3O. The van der Waals surface area contributed by atoms with Gasteiger partial charge in [0.1, 0.15) is 0 Å². The Balaban J connectivity index is 2.27. The smallest absolute Gasteiger partial charge is 0.173 e. The van der Waals surface area contributed by atoms with E-state index in [2.05, 4.69) is 26.2 Å². The van der Waals surface area contributed by atoms with Crippen LogP contribution in [0.4, 0.5) is 8.78 Å². The van der Waals surface area contributed by atoms with Crippen molar-refractivity contribution in [1.82, 2.24) is 15.0 Å². The van der Waals surface area contributed by atoms with Crippen LogP contribution in [0.2, 0.25) is 0 Å². The summed E-state index contributed by atoms with van der Waals surface area (Å²) >= 11 is 2.87. The lowest BCUT2D eigenvalue weighted by Gasteiger charge is -2.03. The molecule has 0 saturated heterocycles.